The van der Waals surface area contributed by atoms with E-state index in [1.54, 1.807) is 12.1 Å². The summed E-state index contributed by atoms with van der Waals surface area (Å²) in [6.45, 7) is 0. The molecule has 164 valence electrons. The maximum atomic E-state index is 13.8. The van der Waals surface area contributed by atoms with Crippen molar-refractivity contribution in [3.05, 3.63) is 61.0 Å². The molecule has 0 bridgehead atoms. The van der Waals surface area contributed by atoms with Crippen LogP contribution in [0.2, 0.25) is 10.0 Å². The summed E-state index contributed by atoms with van der Waals surface area (Å²) in [5.41, 5.74) is -0.0373. The molecule has 31 heavy (non-hydrogen) atoms. The summed E-state index contributed by atoms with van der Waals surface area (Å²) in [6.07, 6.45) is -4.97. The van der Waals surface area contributed by atoms with E-state index in [1.165, 1.54) is 18.2 Å². The van der Waals surface area contributed by atoms with Crippen LogP contribution in [0.4, 0.5) is 24.7 Å². The summed E-state index contributed by atoms with van der Waals surface area (Å²) >= 11 is 18.3. The van der Waals surface area contributed by atoms with Gasteiger partial charge in [-0.05, 0) is 62.2 Å². The van der Waals surface area contributed by atoms with Crippen LogP contribution in [0.1, 0.15) is 34.8 Å². The molecule has 13 heteroatoms. The summed E-state index contributed by atoms with van der Waals surface area (Å²) < 4.78 is 48.1. The van der Waals surface area contributed by atoms with Crippen molar-refractivity contribution in [2.45, 2.75) is 24.7 Å². The highest BCUT2D eigenvalue weighted by molar-refractivity contribution is 9.10. The second kappa shape index (κ2) is 8.34. The molecule has 4 rings (SSSR count). The number of amides is 1. The van der Waals surface area contributed by atoms with E-state index in [9.17, 15) is 18.0 Å². The minimum absolute atomic E-state index is 0.00781. The van der Waals surface area contributed by atoms with Gasteiger partial charge in [0.1, 0.15) is 11.6 Å². The van der Waals surface area contributed by atoms with Crippen LogP contribution in [-0.4, -0.2) is 21.9 Å². The topological polar surface area (TPSA) is 72.1 Å². The quantitative estimate of drug-likeness (QED) is 0.332. The lowest BCUT2D eigenvalue weighted by atomic mass is 10.0. The monoisotopic (exact) mass is 600 g/mol. The lowest BCUT2D eigenvalue weighted by Gasteiger charge is -2.32. The first-order valence-electron chi connectivity index (χ1n) is 8.67. The number of carbonyl (C=O) groups excluding carboxylic acids is 1. The molecule has 2 atom stereocenters. The Bertz CT molecular complexity index is 1170. The number of carbonyl (C=O) groups is 1. The second-order valence-electron chi connectivity index (χ2n) is 6.67. The molecule has 1 aromatic carbocycles. The molecule has 0 radical (unpaired) electrons. The van der Waals surface area contributed by atoms with Gasteiger partial charge in [0.15, 0.2) is 16.4 Å². The Balaban J connectivity index is 1.71. The Labute approximate surface area is 200 Å². The number of benzene rings is 1. The normalized spacial score (nSPS) is 18.4. The van der Waals surface area contributed by atoms with Crippen molar-refractivity contribution in [1.29, 1.82) is 0 Å². The number of nitrogens with zero attached hydrogens (tertiary/aromatic N) is 2. The van der Waals surface area contributed by atoms with Gasteiger partial charge in [-0.1, -0.05) is 23.2 Å². The van der Waals surface area contributed by atoms with E-state index >= 15 is 0 Å². The molecule has 3 aromatic rings. The van der Waals surface area contributed by atoms with E-state index in [0.717, 1.165) is 4.68 Å². The van der Waals surface area contributed by atoms with Gasteiger partial charge in [-0.3, -0.25) is 4.79 Å². The van der Waals surface area contributed by atoms with Crippen LogP contribution < -0.4 is 10.6 Å². The third-order valence-electron chi connectivity index (χ3n) is 4.62. The van der Waals surface area contributed by atoms with E-state index in [2.05, 4.69) is 47.6 Å². The number of nitrogens with one attached hydrogen (secondary N) is 2. The van der Waals surface area contributed by atoms with Crippen LogP contribution in [-0.2, 0) is 0 Å². The van der Waals surface area contributed by atoms with Crippen LogP contribution in [0.5, 0.6) is 0 Å². The first kappa shape index (κ1) is 22.5. The summed E-state index contributed by atoms with van der Waals surface area (Å²) in [5.74, 6) is -0.427. The number of anilines is 2. The van der Waals surface area contributed by atoms with Crippen molar-refractivity contribution >= 4 is 72.5 Å². The molecule has 3 heterocycles. The number of hydrogen-bond acceptors (Lipinski definition) is 4. The Kier molecular flexibility index (Phi) is 6.06. The zero-order valence-corrected chi connectivity index (χ0v) is 19.8. The highest BCUT2D eigenvalue weighted by Crippen LogP contribution is 2.46. The summed E-state index contributed by atoms with van der Waals surface area (Å²) in [6, 6.07) is 4.86. The lowest BCUT2D eigenvalue weighted by Crippen LogP contribution is -2.35. The molecule has 0 saturated heterocycles. The van der Waals surface area contributed by atoms with E-state index in [1.807, 2.05) is 0 Å². The number of halogens is 7. The molecule has 0 unspecified atom stereocenters. The van der Waals surface area contributed by atoms with Gasteiger partial charge < -0.3 is 15.1 Å². The molecule has 1 aliphatic rings. The Hall–Kier alpha value is -1.69. The SMILES string of the molecule is O=C(Nc1cc(Cl)ccc1Cl)c1nn2c(c1Br)N[C@H](c1ccc(Br)o1)C[C@@H]2C(F)(F)F. The van der Waals surface area contributed by atoms with Gasteiger partial charge in [0, 0.05) is 11.4 Å². The summed E-state index contributed by atoms with van der Waals surface area (Å²) in [4.78, 5) is 12.8. The number of furan rings is 1. The number of alkyl halides is 3. The lowest BCUT2D eigenvalue weighted by molar-refractivity contribution is -0.174. The first-order chi connectivity index (χ1) is 14.5. The Morgan fingerprint density at radius 2 is 2.00 bits per heavy atom. The number of aromatic nitrogens is 2. The molecular weight excluding hydrogens is 592 g/mol. The predicted molar refractivity (Wildman–Crippen MR) is 117 cm³/mol. The van der Waals surface area contributed by atoms with Gasteiger partial charge in [-0.15, -0.1) is 0 Å². The highest BCUT2D eigenvalue weighted by atomic mass is 79.9. The van der Waals surface area contributed by atoms with Crippen LogP contribution in [0, 0.1) is 0 Å². The number of rotatable bonds is 3. The predicted octanol–water partition coefficient (Wildman–Crippen LogP) is 7.22. The van der Waals surface area contributed by atoms with E-state index < -0.39 is 24.2 Å². The third kappa shape index (κ3) is 4.46. The zero-order valence-electron chi connectivity index (χ0n) is 15.1. The van der Waals surface area contributed by atoms with Crippen LogP contribution in [0.3, 0.4) is 0 Å². The molecule has 0 saturated carbocycles. The van der Waals surface area contributed by atoms with Crippen molar-refractivity contribution in [3.63, 3.8) is 0 Å². The minimum Gasteiger partial charge on any atom is -0.452 e. The average molecular weight is 603 g/mol. The van der Waals surface area contributed by atoms with Crippen LogP contribution in [0.15, 0.2) is 43.9 Å². The summed E-state index contributed by atoms with van der Waals surface area (Å²) in [7, 11) is 0. The number of hydrogen-bond donors (Lipinski definition) is 2. The minimum atomic E-state index is -4.60. The molecule has 1 aliphatic heterocycles. The van der Waals surface area contributed by atoms with Crippen molar-refractivity contribution in [3.8, 4) is 0 Å². The molecule has 0 spiro atoms. The molecule has 1 amide bonds. The maximum absolute atomic E-state index is 13.8. The van der Waals surface area contributed by atoms with Gasteiger partial charge >= 0.3 is 6.18 Å². The average Bonchev–Trinajstić information content (AvgIpc) is 3.27. The highest BCUT2D eigenvalue weighted by Gasteiger charge is 2.48. The van der Waals surface area contributed by atoms with Crippen molar-refractivity contribution < 1.29 is 22.4 Å². The van der Waals surface area contributed by atoms with Gasteiger partial charge in [0.25, 0.3) is 5.91 Å². The van der Waals surface area contributed by atoms with Crippen molar-refractivity contribution in [2.75, 3.05) is 10.6 Å². The first-order valence-corrected chi connectivity index (χ1v) is 11.0. The molecule has 2 N–H and O–H groups in total. The van der Waals surface area contributed by atoms with E-state index in [4.69, 9.17) is 27.6 Å². The van der Waals surface area contributed by atoms with Crippen LogP contribution >= 0.6 is 55.1 Å². The van der Waals surface area contributed by atoms with Gasteiger partial charge in [-0.25, -0.2) is 4.68 Å². The number of fused-ring (bicyclic) bond motifs is 1. The van der Waals surface area contributed by atoms with Crippen LogP contribution in [0.25, 0.3) is 0 Å². The Morgan fingerprint density at radius 3 is 2.65 bits per heavy atom. The molecule has 0 aliphatic carbocycles. The standard InChI is InChI=1S/C18H11Br2Cl2F3N4O2/c19-13-4-3-11(31-13)10-6-12(18(23,24)25)29-16(26-10)14(20)15(28-29)17(30)27-9-5-7(21)1-2-8(9)22/h1-5,10,12,26H,6H2,(H,27,30)/t10-,12+/m0/s1. The smallest absolute Gasteiger partial charge is 0.410 e. The molecule has 2 aromatic heterocycles. The van der Waals surface area contributed by atoms with Crippen molar-refractivity contribution in [1.82, 2.24) is 9.78 Å². The fourth-order valence-electron chi connectivity index (χ4n) is 3.21. The summed E-state index contributed by atoms with van der Waals surface area (Å²) in [5, 5.41) is 9.97. The van der Waals surface area contributed by atoms with Crippen molar-refractivity contribution in [2.24, 2.45) is 0 Å². The van der Waals surface area contributed by atoms with Gasteiger partial charge in [0.05, 0.1) is 21.2 Å². The molecular formula is C18H11Br2Cl2F3N4O2. The van der Waals surface area contributed by atoms with E-state index in [0.29, 0.717) is 15.5 Å². The largest absolute Gasteiger partial charge is 0.452 e. The fraction of sp³-hybridized carbons (Fsp3) is 0.222. The Morgan fingerprint density at radius 1 is 1.26 bits per heavy atom. The molecule has 0 fully saturated rings. The maximum Gasteiger partial charge on any atom is 0.410 e. The second-order valence-corrected chi connectivity index (χ2v) is 9.08. The van der Waals surface area contributed by atoms with E-state index in [-0.39, 0.29) is 33.1 Å². The zero-order chi connectivity index (χ0) is 22.5. The van der Waals surface area contributed by atoms with Gasteiger partial charge in [-0.2, -0.15) is 18.3 Å². The third-order valence-corrected chi connectivity index (χ3v) is 6.37. The van der Waals surface area contributed by atoms with Gasteiger partial charge in [0.2, 0.25) is 0 Å². The fourth-order valence-corrected chi connectivity index (χ4v) is 4.42. The molecule has 6 nitrogen and oxygen atoms in total.